The van der Waals surface area contributed by atoms with Gasteiger partial charge in [-0.3, -0.25) is 10.1 Å². The lowest BCUT2D eigenvalue weighted by molar-refractivity contribution is -0.384. The van der Waals surface area contributed by atoms with Crippen molar-refractivity contribution in [3.63, 3.8) is 0 Å². The Morgan fingerprint density at radius 3 is 2.82 bits per heavy atom. The van der Waals surface area contributed by atoms with Gasteiger partial charge in [-0.1, -0.05) is 0 Å². The van der Waals surface area contributed by atoms with Crippen LogP contribution in [0, 0.1) is 10.1 Å². The lowest BCUT2D eigenvalue weighted by atomic mass is 9.98. The normalized spacial score (nSPS) is 26.1. The Kier molecular flexibility index (Phi) is 2.46. The number of nitrogens with zero attached hydrogens (tertiary/aromatic N) is 1. The van der Waals surface area contributed by atoms with Gasteiger partial charge in [0.25, 0.3) is 5.69 Å². The second-order valence-corrected chi connectivity index (χ2v) is 4.29. The Labute approximate surface area is 101 Å². The van der Waals surface area contributed by atoms with Crippen LogP contribution in [0.2, 0.25) is 0 Å². The predicted octanol–water partition coefficient (Wildman–Crippen LogP) is 2.11. The minimum atomic E-state index is -1.60. The van der Waals surface area contributed by atoms with Crippen molar-refractivity contribution in [2.75, 3.05) is 0 Å². The zero-order chi connectivity index (χ0) is 12.8. The molecule has 1 aromatic rings. The number of nitro benzene ring substituents is 1. The Morgan fingerprint density at radius 2 is 2.29 bits per heavy atom. The number of aliphatic carboxylic acids is 1. The number of fused-ring (bicyclic) bond motifs is 1. The Bertz CT molecular complexity index is 517. The first kappa shape index (κ1) is 11.7. The van der Waals surface area contributed by atoms with Crippen LogP contribution in [-0.4, -0.2) is 21.6 Å². The van der Waals surface area contributed by atoms with E-state index < -0.39 is 21.9 Å². The average Bonchev–Trinajstić information content (AvgIpc) is 2.52. The molecule has 0 bridgehead atoms. The van der Waals surface area contributed by atoms with Gasteiger partial charge in [0.1, 0.15) is 11.1 Å². The fraction of sp³-hybridized carbons (Fsp3) is 0.300. The highest BCUT2D eigenvalue weighted by atomic mass is 35.5. The summed E-state index contributed by atoms with van der Waals surface area (Å²) >= 11 is 5.99. The van der Waals surface area contributed by atoms with Crippen molar-refractivity contribution in [3.8, 4) is 5.75 Å². The van der Waals surface area contributed by atoms with Gasteiger partial charge in [0.2, 0.25) is 5.60 Å². The standard InChI is InChI=1S/C10H8ClNO5/c1-10(9(13)14)8(11)6-4-5(12(15)16)2-3-7(6)17-10/h2-4,8H,1H3,(H,13,14). The topological polar surface area (TPSA) is 89.7 Å². The first-order valence-electron chi connectivity index (χ1n) is 4.71. The molecule has 2 atom stereocenters. The van der Waals surface area contributed by atoms with Gasteiger partial charge in [0.15, 0.2) is 0 Å². The van der Waals surface area contributed by atoms with Gasteiger partial charge < -0.3 is 9.84 Å². The first-order chi connectivity index (χ1) is 7.86. The van der Waals surface area contributed by atoms with E-state index in [4.69, 9.17) is 21.4 Å². The molecule has 0 amide bonds. The van der Waals surface area contributed by atoms with Crippen molar-refractivity contribution >= 4 is 23.3 Å². The van der Waals surface area contributed by atoms with Crippen LogP contribution in [0.1, 0.15) is 17.9 Å². The summed E-state index contributed by atoms with van der Waals surface area (Å²) in [6, 6.07) is 3.84. The lowest BCUT2D eigenvalue weighted by Crippen LogP contribution is -2.41. The van der Waals surface area contributed by atoms with E-state index in [2.05, 4.69) is 0 Å². The molecule has 0 aliphatic carbocycles. The third-order valence-corrected chi connectivity index (χ3v) is 3.36. The van der Waals surface area contributed by atoms with E-state index in [1.54, 1.807) is 0 Å². The second kappa shape index (κ2) is 3.59. The highest BCUT2D eigenvalue weighted by Crippen LogP contribution is 2.48. The van der Waals surface area contributed by atoms with E-state index >= 15 is 0 Å². The molecule has 0 spiro atoms. The largest absolute Gasteiger partial charge is 0.478 e. The summed E-state index contributed by atoms with van der Waals surface area (Å²) in [7, 11) is 0. The number of carbonyl (C=O) groups is 1. The molecule has 1 heterocycles. The molecule has 0 saturated carbocycles. The van der Waals surface area contributed by atoms with E-state index in [0.29, 0.717) is 5.56 Å². The smallest absolute Gasteiger partial charge is 0.349 e. The van der Waals surface area contributed by atoms with E-state index in [9.17, 15) is 14.9 Å². The summed E-state index contributed by atoms with van der Waals surface area (Å²) in [5, 5.41) is 18.7. The van der Waals surface area contributed by atoms with Crippen molar-refractivity contribution in [1.29, 1.82) is 0 Å². The summed E-state index contributed by atoms with van der Waals surface area (Å²) in [6.45, 7) is 1.33. The van der Waals surface area contributed by atoms with Crippen LogP contribution in [0.3, 0.4) is 0 Å². The molecule has 1 N–H and O–H groups in total. The molecular weight excluding hydrogens is 250 g/mol. The van der Waals surface area contributed by atoms with E-state index in [1.807, 2.05) is 0 Å². The van der Waals surface area contributed by atoms with Crippen molar-refractivity contribution in [2.45, 2.75) is 17.9 Å². The maximum atomic E-state index is 11.1. The van der Waals surface area contributed by atoms with Crippen molar-refractivity contribution in [2.24, 2.45) is 0 Å². The van der Waals surface area contributed by atoms with Crippen molar-refractivity contribution in [3.05, 3.63) is 33.9 Å². The maximum absolute atomic E-state index is 11.1. The Morgan fingerprint density at radius 1 is 1.65 bits per heavy atom. The molecule has 7 heteroatoms. The second-order valence-electron chi connectivity index (χ2n) is 3.86. The summed E-state index contributed by atoms with van der Waals surface area (Å²) in [5.74, 6) is -0.947. The fourth-order valence-electron chi connectivity index (χ4n) is 1.67. The van der Waals surface area contributed by atoms with Gasteiger partial charge >= 0.3 is 5.97 Å². The van der Waals surface area contributed by atoms with Crippen LogP contribution in [-0.2, 0) is 4.79 Å². The minimum Gasteiger partial charge on any atom is -0.478 e. The van der Waals surface area contributed by atoms with Crippen LogP contribution in [0.15, 0.2) is 18.2 Å². The monoisotopic (exact) mass is 257 g/mol. The molecule has 6 nitrogen and oxygen atoms in total. The first-order valence-corrected chi connectivity index (χ1v) is 5.14. The number of carboxylic acids is 1. The molecule has 2 rings (SSSR count). The Balaban J connectivity index is 2.49. The lowest BCUT2D eigenvalue weighted by Gasteiger charge is -2.21. The summed E-state index contributed by atoms with van der Waals surface area (Å²) in [5.41, 5.74) is -1.42. The molecule has 17 heavy (non-hydrogen) atoms. The van der Waals surface area contributed by atoms with Gasteiger partial charge in [-0.25, -0.2) is 4.79 Å². The van der Waals surface area contributed by atoms with Crippen molar-refractivity contribution in [1.82, 2.24) is 0 Å². The number of non-ortho nitro benzene ring substituents is 1. The fourth-order valence-corrected chi connectivity index (χ4v) is 1.98. The van der Waals surface area contributed by atoms with E-state index in [-0.39, 0.29) is 11.4 Å². The highest BCUT2D eigenvalue weighted by molar-refractivity contribution is 6.24. The molecule has 2 unspecified atom stereocenters. The third-order valence-electron chi connectivity index (χ3n) is 2.71. The molecule has 0 fully saturated rings. The molecule has 0 aromatic heterocycles. The number of nitro groups is 1. The number of carboxylic acid groups (broad SMARTS) is 1. The highest BCUT2D eigenvalue weighted by Gasteiger charge is 2.50. The van der Waals surface area contributed by atoms with Gasteiger partial charge in [-0.05, 0) is 13.0 Å². The summed E-state index contributed by atoms with van der Waals surface area (Å²) < 4.78 is 5.25. The number of benzene rings is 1. The zero-order valence-electron chi connectivity index (χ0n) is 8.71. The van der Waals surface area contributed by atoms with Gasteiger partial charge in [0, 0.05) is 17.7 Å². The van der Waals surface area contributed by atoms with Gasteiger partial charge in [0.05, 0.1) is 4.92 Å². The number of rotatable bonds is 2. The number of alkyl halides is 1. The van der Waals surface area contributed by atoms with Crippen LogP contribution < -0.4 is 4.74 Å². The van der Waals surface area contributed by atoms with Crippen LogP contribution >= 0.6 is 11.6 Å². The molecule has 1 aliphatic heterocycles. The third kappa shape index (κ3) is 1.61. The Hall–Kier alpha value is -1.82. The predicted molar refractivity (Wildman–Crippen MR) is 58.4 cm³/mol. The summed E-state index contributed by atoms with van der Waals surface area (Å²) in [6.07, 6.45) is 0. The van der Waals surface area contributed by atoms with E-state index in [0.717, 1.165) is 0 Å². The van der Waals surface area contributed by atoms with Crippen LogP contribution in [0.4, 0.5) is 5.69 Å². The maximum Gasteiger partial charge on any atom is 0.349 e. The van der Waals surface area contributed by atoms with Crippen LogP contribution in [0.25, 0.3) is 0 Å². The van der Waals surface area contributed by atoms with Gasteiger partial charge in [-0.2, -0.15) is 0 Å². The number of ether oxygens (including phenoxy) is 1. The molecule has 0 saturated heterocycles. The number of hydrogen-bond acceptors (Lipinski definition) is 4. The molecule has 0 radical (unpaired) electrons. The van der Waals surface area contributed by atoms with Gasteiger partial charge in [-0.15, -0.1) is 11.6 Å². The SMILES string of the molecule is CC1(C(=O)O)Oc2ccc([N+](=O)[O-])cc2C1Cl. The molecular formula is C10H8ClNO5. The number of hydrogen-bond donors (Lipinski definition) is 1. The summed E-state index contributed by atoms with van der Waals surface area (Å²) in [4.78, 5) is 21.1. The molecule has 90 valence electrons. The zero-order valence-corrected chi connectivity index (χ0v) is 9.47. The quantitative estimate of drug-likeness (QED) is 0.498. The minimum absolute atomic E-state index is 0.146. The molecule has 1 aromatic carbocycles. The molecule has 1 aliphatic rings. The van der Waals surface area contributed by atoms with Crippen molar-refractivity contribution < 1.29 is 19.6 Å². The van der Waals surface area contributed by atoms with E-state index in [1.165, 1.54) is 25.1 Å². The van der Waals surface area contributed by atoms with Crippen LogP contribution in [0.5, 0.6) is 5.75 Å². The average molecular weight is 258 g/mol. The number of halogens is 1.